The number of carbonyl (C=O) groups is 1. The molecule has 22 heavy (non-hydrogen) atoms. The summed E-state index contributed by atoms with van der Waals surface area (Å²) in [6.07, 6.45) is 5.95. The summed E-state index contributed by atoms with van der Waals surface area (Å²) >= 11 is 1.61. The number of imidazole rings is 1. The fraction of sp³-hybridized carbons (Fsp3) is 0.375. The zero-order valence-electron chi connectivity index (χ0n) is 12.5. The van der Waals surface area contributed by atoms with Crippen LogP contribution in [0.5, 0.6) is 0 Å². The number of hydrogen-bond acceptors (Lipinski definition) is 4. The molecule has 0 bridgehead atoms. The van der Waals surface area contributed by atoms with Crippen LogP contribution < -0.4 is 5.32 Å². The van der Waals surface area contributed by atoms with Gasteiger partial charge in [-0.05, 0) is 44.6 Å². The first kappa shape index (κ1) is 13.7. The lowest BCUT2D eigenvalue weighted by molar-refractivity contribution is 0.0912. The van der Waals surface area contributed by atoms with E-state index in [1.54, 1.807) is 17.5 Å². The number of aromatic nitrogens is 2. The fourth-order valence-corrected chi connectivity index (χ4v) is 4.16. The summed E-state index contributed by atoms with van der Waals surface area (Å²) in [6, 6.07) is 6.12. The first-order chi connectivity index (χ1) is 10.7. The van der Waals surface area contributed by atoms with Crippen LogP contribution in [-0.4, -0.2) is 46.4 Å². The summed E-state index contributed by atoms with van der Waals surface area (Å²) in [5.41, 5.74) is 1.83. The number of likely N-dealkylation sites (N-methyl/N-ethyl adjacent to an activating group) is 1. The van der Waals surface area contributed by atoms with Gasteiger partial charge in [0, 0.05) is 30.5 Å². The van der Waals surface area contributed by atoms with E-state index in [1.165, 1.54) is 0 Å². The monoisotopic (exact) mass is 314 g/mol. The fourth-order valence-electron chi connectivity index (χ4n) is 3.14. The Morgan fingerprint density at radius 3 is 3.23 bits per heavy atom. The number of amides is 1. The Bertz CT molecular complexity index is 837. The minimum absolute atomic E-state index is 0.0215. The van der Waals surface area contributed by atoms with Gasteiger partial charge in [-0.2, -0.15) is 0 Å². The average Bonchev–Trinajstić information content (AvgIpc) is 3.07. The molecule has 1 atom stereocenters. The van der Waals surface area contributed by atoms with Crippen molar-refractivity contribution in [2.24, 2.45) is 0 Å². The van der Waals surface area contributed by atoms with Crippen molar-refractivity contribution in [2.45, 2.75) is 18.9 Å². The number of carbonyl (C=O) groups excluding carboxylic acids is 1. The molecule has 1 unspecified atom stereocenters. The topological polar surface area (TPSA) is 49.6 Å². The number of likely N-dealkylation sites (tertiary alicyclic amines) is 1. The highest BCUT2D eigenvalue weighted by atomic mass is 32.1. The van der Waals surface area contributed by atoms with E-state index >= 15 is 0 Å². The van der Waals surface area contributed by atoms with Gasteiger partial charge in [-0.15, -0.1) is 0 Å². The highest BCUT2D eigenvalue weighted by Gasteiger charge is 2.20. The standard InChI is InChI=1S/C16H18N4OS/c1-19-7-2-3-12(10-19)18-15(21)11-4-5-13-14(9-11)22-16-17-6-8-20(13)16/h4-6,8-9,12H,2-3,7,10H2,1H3,(H,18,21). The third-order valence-corrected chi connectivity index (χ3v) is 5.28. The van der Waals surface area contributed by atoms with Gasteiger partial charge >= 0.3 is 0 Å². The predicted molar refractivity (Wildman–Crippen MR) is 88.6 cm³/mol. The van der Waals surface area contributed by atoms with Crippen molar-refractivity contribution in [3.8, 4) is 0 Å². The number of thiazole rings is 1. The number of benzene rings is 1. The smallest absolute Gasteiger partial charge is 0.251 e. The van der Waals surface area contributed by atoms with Crippen molar-refractivity contribution in [3.05, 3.63) is 36.2 Å². The van der Waals surface area contributed by atoms with E-state index in [9.17, 15) is 4.79 Å². The molecule has 5 nitrogen and oxygen atoms in total. The van der Waals surface area contributed by atoms with Gasteiger partial charge in [0.2, 0.25) is 0 Å². The number of fused-ring (bicyclic) bond motifs is 3. The quantitative estimate of drug-likeness (QED) is 0.790. The second kappa shape index (κ2) is 5.37. The van der Waals surface area contributed by atoms with Gasteiger partial charge in [-0.1, -0.05) is 11.3 Å². The summed E-state index contributed by atoms with van der Waals surface area (Å²) in [7, 11) is 2.10. The Morgan fingerprint density at radius 2 is 2.36 bits per heavy atom. The van der Waals surface area contributed by atoms with Crippen LogP contribution in [0.4, 0.5) is 0 Å². The lowest BCUT2D eigenvalue weighted by Gasteiger charge is -2.30. The van der Waals surface area contributed by atoms with E-state index in [-0.39, 0.29) is 11.9 Å². The van der Waals surface area contributed by atoms with Gasteiger partial charge in [0.1, 0.15) is 0 Å². The molecule has 0 spiro atoms. The molecular formula is C16H18N4OS. The van der Waals surface area contributed by atoms with Crippen LogP contribution in [0, 0.1) is 0 Å². The molecule has 3 heterocycles. The van der Waals surface area contributed by atoms with E-state index in [4.69, 9.17) is 0 Å². The Morgan fingerprint density at radius 1 is 1.45 bits per heavy atom. The maximum absolute atomic E-state index is 12.5. The largest absolute Gasteiger partial charge is 0.348 e. The number of hydrogen-bond donors (Lipinski definition) is 1. The molecule has 0 saturated carbocycles. The van der Waals surface area contributed by atoms with Crippen molar-refractivity contribution in [2.75, 3.05) is 20.1 Å². The van der Waals surface area contributed by atoms with Gasteiger partial charge in [0.25, 0.3) is 5.91 Å². The molecular weight excluding hydrogens is 296 g/mol. The van der Waals surface area contributed by atoms with Crippen molar-refractivity contribution in [1.29, 1.82) is 0 Å². The highest BCUT2D eigenvalue weighted by molar-refractivity contribution is 7.23. The zero-order valence-corrected chi connectivity index (χ0v) is 13.3. The van der Waals surface area contributed by atoms with Crippen LogP contribution in [0.15, 0.2) is 30.6 Å². The minimum Gasteiger partial charge on any atom is -0.348 e. The number of piperidine rings is 1. The van der Waals surface area contributed by atoms with E-state index in [1.807, 2.05) is 24.4 Å². The molecule has 0 aliphatic carbocycles. The molecule has 1 amide bonds. The Labute approximate surface area is 132 Å². The van der Waals surface area contributed by atoms with Crippen LogP contribution in [-0.2, 0) is 0 Å². The maximum Gasteiger partial charge on any atom is 0.251 e. The van der Waals surface area contributed by atoms with Crippen molar-refractivity contribution in [3.63, 3.8) is 0 Å². The Balaban J connectivity index is 1.58. The third-order valence-electron chi connectivity index (χ3n) is 4.25. The van der Waals surface area contributed by atoms with E-state index < -0.39 is 0 Å². The first-order valence-electron chi connectivity index (χ1n) is 7.56. The normalized spacial score (nSPS) is 19.8. The van der Waals surface area contributed by atoms with Crippen LogP contribution >= 0.6 is 11.3 Å². The third kappa shape index (κ3) is 2.38. The summed E-state index contributed by atoms with van der Waals surface area (Å²) in [4.78, 5) is 20.0. The molecule has 1 saturated heterocycles. The second-order valence-corrected chi connectivity index (χ2v) is 6.95. The zero-order chi connectivity index (χ0) is 15.1. The van der Waals surface area contributed by atoms with E-state index in [0.29, 0.717) is 0 Å². The van der Waals surface area contributed by atoms with Crippen LogP contribution in [0.1, 0.15) is 23.2 Å². The molecule has 4 rings (SSSR count). The molecule has 0 radical (unpaired) electrons. The maximum atomic E-state index is 12.5. The summed E-state index contributed by atoms with van der Waals surface area (Å²) < 4.78 is 3.15. The molecule has 114 valence electrons. The lowest BCUT2D eigenvalue weighted by Crippen LogP contribution is -2.46. The lowest BCUT2D eigenvalue weighted by atomic mass is 10.1. The van der Waals surface area contributed by atoms with E-state index in [0.717, 1.165) is 46.7 Å². The van der Waals surface area contributed by atoms with Gasteiger partial charge in [-0.25, -0.2) is 4.98 Å². The Hall–Kier alpha value is -1.92. The SMILES string of the molecule is CN1CCCC(NC(=O)c2ccc3c(c2)sc2nccn23)C1. The molecule has 1 N–H and O–H groups in total. The van der Waals surface area contributed by atoms with Gasteiger partial charge in [0.15, 0.2) is 4.96 Å². The molecule has 1 fully saturated rings. The molecule has 3 aromatic rings. The Kier molecular flexibility index (Phi) is 3.35. The van der Waals surface area contributed by atoms with Crippen LogP contribution in [0.25, 0.3) is 15.2 Å². The average molecular weight is 314 g/mol. The summed E-state index contributed by atoms with van der Waals surface area (Å²) in [5.74, 6) is 0.0215. The van der Waals surface area contributed by atoms with Crippen molar-refractivity contribution in [1.82, 2.24) is 19.6 Å². The molecule has 1 aromatic carbocycles. The van der Waals surface area contributed by atoms with Crippen molar-refractivity contribution < 1.29 is 4.79 Å². The number of nitrogens with zero attached hydrogens (tertiary/aromatic N) is 3. The van der Waals surface area contributed by atoms with Gasteiger partial charge < -0.3 is 10.2 Å². The first-order valence-corrected chi connectivity index (χ1v) is 8.37. The van der Waals surface area contributed by atoms with Gasteiger partial charge in [0.05, 0.1) is 10.2 Å². The van der Waals surface area contributed by atoms with Crippen LogP contribution in [0.2, 0.25) is 0 Å². The van der Waals surface area contributed by atoms with Crippen LogP contribution in [0.3, 0.4) is 0 Å². The number of rotatable bonds is 2. The molecule has 1 aliphatic heterocycles. The summed E-state index contributed by atoms with van der Waals surface area (Å²) in [6.45, 7) is 2.05. The van der Waals surface area contributed by atoms with E-state index in [2.05, 4.69) is 26.6 Å². The number of nitrogens with one attached hydrogen (secondary N) is 1. The molecule has 6 heteroatoms. The summed E-state index contributed by atoms with van der Waals surface area (Å²) in [5, 5.41) is 3.16. The minimum atomic E-state index is 0.0215. The second-order valence-electron chi connectivity index (χ2n) is 5.94. The molecule has 2 aromatic heterocycles. The predicted octanol–water partition coefficient (Wildman–Crippen LogP) is 2.37. The highest BCUT2D eigenvalue weighted by Crippen LogP contribution is 2.26. The van der Waals surface area contributed by atoms with Gasteiger partial charge in [-0.3, -0.25) is 9.20 Å². The molecule has 1 aliphatic rings. The van der Waals surface area contributed by atoms with Crippen molar-refractivity contribution >= 4 is 32.4 Å².